The van der Waals surface area contributed by atoms with Crippen molar-refractivity contribution in [3.8, 4) is 11.1 Å². The molecule has 2 unspecified atom stereocenters. The molecule has 0 bridgehead atoms. The normalized spacial score (nSPS) is 14.0. The van der Waals surface area contributed by atoms with Crippen LogP contribution in [-0.4, -0.2) is 36.9 Å². The Bertz CT molecular complexity index is 1340. The lowest BCUT2D eigenvalue weighted by Gasteiger charge is -2.44. The van der Waals surface area contributed by atoms with Gasteiger partial charge in [-0.1, -0.05) is 74.3 Å². The molecule has 0 saturated heterocycles. The number of benzene rings is 2. The lowest BCUT2D eigenvalue weighted by atomic mass is 9.93. The molecule has 3 rings (SSSR count). The van der Waals surface area contributed by atoms with Gasteiger partial charge in [0.25, 0.3) is 0 Å². The van der Waals surface area contributed by atoms with Gasteiger partial charge in [-0.15, -0.1) is 0 Å². The minimum Gasteiger partial charge on any atom is -0.444 e. The second-order valence-electron chi connectivity index (χ2n) is 12.5. The molecule has 9 heteroatoms. The summed E-state index contributed by atoms with van der Waals surface area (Å²) in [7, 11) is -0.676. The van der Waals surface area contributed by atoms with Crippen LogP contribution in [0.15, 0.2) is 60.9 Å². The fourth-order valence-electron chi connectivity index (χ4n) is 3.99. The molecule has 0 aliphatic heterocycles. The SMILES string of the molecule is CN(C(=O)OC(C)(C)C)C(c1ccc(Cl)c(Cl)c1)C(O[Si](C)(C)C(C)(C)C)c1ccc(-c2cncc(F)c2)cc1. The fraction of sp³-hybridized carbons (Fsp3) is 0.419. The highest BCUT2D eigenvalue weighted by molar-refractivity contribution is 6.74. The molecule has 40 heavy (non-hydrogen) atoms. The molecule has 0 saturated carbocycles. The van der Waals surface area contributed by atoms with Crippen LogP contribution in [-0.2, 0) is 9.16 Å². The quantitative estimate of drug-likeness (QED) is 0.252. The summed E-state index contributed by atoms with van der Waals surface area (Å²) >= 11 is 12.7. The lowest BCUT2D eigenvalue weighted by molar-refractivity contribution is 0.00330. The maximum atomic E-state index is 13.8. The van der Waals surface area contributed by atoms with Gasteiger partial charge in [0.2, 0.25) is 0 Å². The van der Waals surface area contributed by atoms with Crippen molar-refractivity contribution < 1.29 is 18.3 Å². The fourth-order valence-corrected chi connectivity index (χ4v) is 5.55. The Balaban J connectivity index is 2.19. The Morgan fingerprint density at radius 2 is 1.50 bits per heavy atom. The van der Waals surface area contributed by atoms with Crippen LogP contribution in [0.5, 0.6) is 0 Å². The molecule has 0 aliphatic rings. The molecule has 1 amide bonds. The van der Waals surface area contributed by atoms with E-state index >= 15 is 0 Å². The van der Waals surface area contributed by atoms with Crippen LogP contribution in [0, 0.1) is 5.82 Å². The second kappa shape index (κ2) is 12.2. The van der Waals surface area contributed by atoms with Crippen molar-refractivity contribution in [2.24, 2.45) is 0 Å². The number of amides is 1. The standard InChI is InChI=1S/C31H39Cl2FN2O3Si/c1-30(2,3)38-29(37)36(7)27(22-14-15-25(32)26(33)17-22)28(39-40(8,9)31(4,5)6)21-12-10-20(11-13-21)23-16-24(34)19-35-18-23/h10-19,27-28H,1-9H3. The molecule has 216 valence electrons. The number of likely N-dealkylation sites (N-methyl/N-ethyl adjacent to an activating group) is 1. The Morgan fingerprint density at radius 1 is 0.900 bits per heavy atom. The van der Waals surface area contributed by atoms with Crippen LogP contribution in [0.2, 0.25) is 28.2 Å². The van der Waals surface area contributed by atoms with E-state index in [-0.39, 0.29) is 5.04 Å². The van der Waals surface area contributed by atoms with Crippen molar-refractivity contribution in [3.63, 3.8) is 0 Å². The van der Waals surface area contributed by atoms with Gasteiger partial charge in [-0.05, 0) is 73.8 Å². The molecule has 0 N–H and O–H groups in total. The number of ether oxygens (including phenoxy) is 1. The first-order chi connectivity index (χ1) is 18.4. The highest BCUT2D eigenvalue weighted by atomic mass is 35.5. The molecule has 2 aromatic carbocycles. The average Bonchev–Trinajstić information content (AvgIpc) is 2.84. The monoisotopic (exact) mass is 604 g/mol. The van der Waals surface area contributed by atoms with Crippen LogP contribution in [0.4, 0.5) is 9.18 Å². The molecule has 1 aromatic heterocycles. The van der Waals surface area contributed by atoms with Gasteiger partial charge >= 0.3 is 6.09 Å². The van der Waals surface area contributed by atoms with E-state index in [1.807, 2.05) is 51.1 Å². The molecule has 2 atom stereocenters. The Kier molecular flexibility index (Phi) is 9.77. The lowest BCUT2D eigenvalue weighted by Crippen LogP contribution is -2.46. The first-order valence-corrected chi connectivity index (χ1v) is 16.9. The van der Waals surface area contributed by atoms with Crippen molar-refractivity contribution in [2.75, 3.05) is 7.05 Å². The Labute approximate surface area is 248 Å². The molecule has 1 heterocycles. The third-order valence-corrected chi connectivity index (χ3v) is 12.4. The first kappa shape index (κ1) is 32.1. The van der Waals surface area contributed by atoms with E-state index in [9.17, 15) is 9.18 Å². The van der Waals surface area contributed by atoms with Crippen LogP contribution >= 0.6 is 23.2 Å². The molecular weight excluding hydrogens is 566 g/mol. The number of carbonyl (C=O) groups excluding carboxylic acids is 1. The van der Waals surface area contributed by atoms with Crippen LogP contribution < -0.4 is 0 Å². The average molecular weight is 606 g/mol. The summed E-state index contributed by atoms with van der Waals surface area (Å²) in [6, 6.07) is 13.9. The van der Waals surface area contributed by atoms with Crippen LogP contribution in [0.25, 0.3) is 11.1 Å². The number of pyridine rings is 1. The summed E-state index contributed by atoms with van der Waals surface area (Å²) in [5.41, 5.74) is 2.40. The van der Waals surface area contributed by atoms with Gasteiger partial charge in [0.15, 0.2) is 8.32 Å². The van der Waals surface area contributed by atoms with Gasteiger partial charge in [-0.2, -0.15) is 0 Å². The number of aromatic nitrogens is 1. The summed E-state index contributed by atoms with van der Waals surface area (Å²) in [6.07, 6.45) is 1.73. The number of halogens is 3. The summed E-state index contributed by atoms with van der Waals surface area (Å²) < 4.78 is 26.7. The Hall–Kier alpha value is -2.45. The van der Waals surface area contributed by atoms with Crippen molar-refractivity contribution in [2.45, 2.75) is 77.4 Å². The smallest absolute Gasteiger partial charge is 0.410 e. The van der Waals surface area contributed by atoms with Gasteiger partial charge in [-0.3, -0.25) is 4.98 Å². The number of rotatable bonds is 7. The van der Waals surface area contributed by atoms with Crippen molar-refractivity contribution in [1.82, 2.24) is 9.88 Å². The molecule has 0 fully saturated rings. The van der Waals surface area contributed by atoms with E-state index < -0.39 is 38.0 Å². The van der Waals surface area contributed by atoms with Crippen molar-refractivity contribution in [1.29, 1.82) is 0 Å². The predicted molar refractivity (Wildman–Crippen MR) is 164 cm³/mol. The van der Waals surface area contributed by atoms with E-state index in [2.05, 4.69) is 38.8 Å². The van der Waals surface area contributed by atoms with Crippen molar-refractivity contribution in [3.05, 3.63) is 87.9 Å². The van der Waals surface area contributed by atoms with Crippen LogP contribution in [0.1, 0.15) is 64.8 Å². The molecule has 0 aliphatic carbocycles. The topological polar surface area (TPSA) is 51.7 Å². The zero-order valence-electron chi connectivity index (χ0n) is 24.7. The van der Waals surface area contributed by atoms with Gasteiger partial charge < -0.3 is 14.1 Å². The molecule has 5 nitrogen and oxygen atoms in total. The van der Waals surface area contributed by atoms with E-state index in [0.29, 0.717) is 15.6 Å². The largest absolute Gasteiger partial charge is 0.444 e. The van der Waals surface area contributed by atoms with E-state index in [1.54, 1.807) is 30.3 Å². The van der Waals surface area contributed by atoms with Gasteiger partial charge in [0.05, 0.1) is 28.4 Å². The van der Waals surface area contributed by atoms with E-state index in [0.717, 1.165) is 16.7 Å². The van der Waals surface area contributed by atoms with Crippen LogP contribution in [0.3, 0.4) is 0 Å². The first-order valence-electron chi connectivity index (χ1n) is 13.2. The predicted octanol–water partition coefficient (Wildman–Crippen LogP) is 9.87. The van der Waals surface area contributed by atoms with E-state index in [1.165, 1.54) is 12.3 Å². The highest BCUT2D eigenvalue weighted by Gasteiger charge is 2.43. The maximum Gasteiger partial charge on any atom is 0.410 e. The summed E-state index contributed by atoms with van der Waals surface area (Å²) in [4.78, 5) is 19.0. The molecule has 3 aromatic rings. The maximum absolute atomic E-state index is 13.8. The van der Waals surface area contributed by atoms with Crippen molar-refractivity contribution >= 4 is 37.6 Å². The van der Waals surface area contributed by atoms with E-state index in [4.69, 9.17) is 32.4 Å². The number of hydrogen-bond acceptors (Lipinski definition) is 4. The number of hydrogen-bond donors (Lipinski definition) is 0. The van der Waals surface area contributed by atoms with Gasteiger partial charge in [0, 0.05) is 18.8 Å². The molecule has 0 radical (unpaired) electrons. The minimum absolute atomic E-state index is 0.106. The molecular formula is C31H39Cl2FN2O3Si. The third-order valence-electron chi connectivity index (χ3n) is 7.18. The zero-order chi connectivity index (χ0) is 30.0. The molecule has 0 spiro atoms. The summed E-state index contributed by atoms with van der Waals surface area (Å²) in [6.45, 7) is 16.3. The minimum atomic E-state index is -2.38. The second-order valence-corrected chi connectivity index (χ2v) is 18.1. The number of carbonyl (C=O) groups is 1. The third kappa shape index (κ3) is 7.84. The number of nitrogens with zero attached hydrogens (tertiary/aromatic N) is 2. The summed E-state index contributed by atoms with van der Waals surface area (Å²) in [5.74, 6) is -0.403. The highest BCUT2D eigenvalue weighted by Crippen LogP contribution is 2.46. The zero-order valence-corrected chi connectivity index (χ0v) is 27.2. The summed E-state index contributed by atoms with van der Waals surface area (Å²) in [5, 5.41) is 0.686. The van der Waals surface area contributed by atoms with Gasteiger partial charge in [-0.25, -0.2) is 9.18 Å². The van der Waals surface area contributed by atoms with Gasteiger partial charge in [0.1, 0.15) is 11.4 Å². The Morgan fingerprint density at radius 3 is 2.02 bits per heavy atom.